The van der Waals surface area contributed by atoms with Crippen molar-refractivity contribution in [2.75, 3.05) is 0 Å². The van der Waals surface area contributed by atoms with Gasteiger partial charge in [-0.1, -0.05) is 12.2 Å². The summed E-state index contributed by atoms with van der Waals surface area (Å²) in [5, 5.41) is 0. The van der Waals surface area contributed by atoms with Crippen LogP contribution < -0.4 is 0 Å². The Balaban J connectivity index is -0.000000301. The van der Waals surface area contributed by atoms with Crippen molar-refractivity contribution >= 4 is 11.6 Å². The molecule has 0 aliphatic carbocycles. The average Bonchev–Trinajstić information content (AvgIpc) is 2.33. The number of rotatable bonds is 0. The second kappa shape index (κ2) is 9.52. The molecule has 0 bridgehead atoms. The summed E-state index contributed by atoms with van der Waals surface area (Å²) in [6.07, 6.45) is -19.3. The molecular weight excluding hydrogens is 380 g/mol. The van der Waals surface area contributed by atoms with Crippen molar-refractivity contribution in [1.29, 1.82) is 0 Å². The third kappa shape index (κ3) is 13.9. The second-order valence-corrected chi connectivity index (χ2v) is 3.32. The maximum atomic E-state index is 10.9. The van der Waals surface area contributed by atoms with Gasteiger partial charge in [-0.3, -0.25) is 9.59 Å². The van der Waals surface area contributed by atoms with Crippen LogP contribution in [0, 0.1) is 0 Å². The highest BCUT2D eigenvalue weighted by Gasteiger charge is 2.56. The first kappa shape index (κ1) is 27.1. The van der Waals surface area contributed by atoms with Gasteiger partial charge in [-0.15, -0.1) is 0 Å². The highest BCUT2D eigenvalue weighted by molar-refractivity contribution is 5.89. The van der Waals surface area contributed by atoms with Crippen LogP contribution in [-0.4, -0.2) is 36.3 Å². The van der Waals surface area contributed by atoms with Gasteiger partial charge >= 0.3 is 36.3 Å². The Kier molecular flexibility index (Phi) is 10.7. The van der Waals surface area contributed by atoms with Gasteiger partial charge in [-0.2, -0.15) is 52.7 Å². The summed E-state index contributed by atoms with van der Waals surface area (Å²) in [6, 6.07) is 0. The highest BCUT2D eigenvalue weighted by Crippen LogP contribution is 2.28. The van der Waals surface area contributed by atoms with Crippen LogP contribution in [0.15, 0.2) is 12.2 Å². The van der Waals surface area contributed by atoms with Gasteiger partial charge in [0.2, 0.25) is 0 Å². The van der Waals surface area contributed by atoms with Gasteiger partial charge in [0, 0.05) is 0 Å². The zero-order valence-electron chi connectivity index (χ0n) is 11.5. The molecule has 0 radical (unpaired) electrons. The van der Waals surface area contributed by atoms with Crippen molar-refractivity contribution in [3.05, 3.63) is 12.2 Å². The molecule has 0 aliphatic heterocycles. The number of halogens is 12. The summed E-state index contributed by atoms with van der Waals surface area (Å²) >= 11 is 0. The number of carbonyl (C=O) groups is 2. The van der Waals surface area contributed by atoms with Gasteiger partial charge in [0.05, 0.1) is 0 Å². The maximum absolute atomic E-state index is 10.9. The van der Waals surface area contributed by atoms with Crippen LogP contribution in [-0.2, 0) is 9.59 Å². The van der Waals surface area contributed by atoms with E-state index in [1.165, 1.54) is 0 Å². The minimum atomic E-state index is -5.82. The van der Waals surface area contributed by atoms with Crippen LogP contribution >= 0.6 is 0 Å². The average molecular weight is 388 g/mol. The number of carbonyl (C=O) groups excluding carboxylic acids is 2. The minimum absolute atomic E-state index is 2.00. The Hall–Kier alpha value is -1.76. The van der Waals surface area contributed by atoms with E-state index >= 15 is 0 Å². The molecule has 0 heterocycles. The SMILES string of the molecule is C/C=C\C.O=C(C(F)(F)F)C(F)(F)F.O=C(C(F)(F)F)C(F)(F)F. The molecular formula is C10H8F12O2. The molecule has 0 amide bonds. The Labute approximate surface area is 126 Å². The normalized spacial score (nSPS) is 12.8. The van der Waals surface area contributed by atoms with Crippen molar-refractivity contribution in [1.82, 2.24) is 0 Å². The van der Waals surface area contributed by atoms with Gasteiger partial charge in [0.15, 0.2) is 0 Å². The van der Waals surface area contributed by atoms with Crippen LogP contribution in [0.2, 0.25) is 0 Å². The van der Waals surface area contributed by atoms with E-state index in [0.29, 0.717) is 0 Å². The lowest BCUT2D eigenvalue weighted by molar-refractivity contribution is -0.217. The van der Waals surface area contributed by atoms with E-state index in [4.69, 9.17) is 0 Å². The van der Waals surface area contributed by atoms with Gasteiger partial charge in [0.1, 0.15) is 0 Å². The van der Waals surface area contributed by atoms with Crippen molar-refractivity contribution in [3.8, 4) is 0 Å². The summed E-state index contributed by atoms with van der Waals surface area (Å²) in [6.45, 7) is 4.00. The van der Waals surface area contributed by atoms with Gasteiger partial charge in [-0.05, 0) is 13.8 Å². The number of Topliss-reactive ketones (excluding diaryl/α,β-unsaturated/α-hetero) is 2. The molecule has 0 saturated carbocycles. The quantitative estimate of drug-likeness (QED) is 0.435. The fourth-order valence-electron chi connectivity index (χ4n) is 0.321. The molecule has 0 aromatic rings. The molecule has 0 aromatic heterocycles. The number of hydrogen-bond acceptors (Lipinski definition) is 2. The van der Waals surface area contributed by atoms with E-state index in [0.717, 1.165) is 0 Å². The van der Waals surface area contributed by atoms with E-state index in [-0.39, 0.29) is 0 Å². The Morgan fingerprint density at radius 2 is 0.625 bits per heavy atom. The third-order valence-electron chi connectivity index (χ3n) is 1.36. The number of hydrogen-bond donors (Lipinski definition) is 0. The second-order valence-electron chi connectivity index (χ2n) is 3.32. The maximum Gasteiger partial charge on any atom is 0.459 e. The largest absolute Gasteiger partial charge is 0.459 e. The van der Waals surface area contributed by atoms with Crippen molar-refractivity contribution in [2.45, 2.75) is 38.6 Å². The molecule has 24 heavy (non-hydrogen) atoms. The van der Waals surface area contributed by atoms with Crippen LogP contribution in [0.3, 0.4) is 0 Å². The first-order valence-corrected chi connectivity index (χ1v) is 5.16. The molecule has 0 N–H and O–H groups in total. The standard InChI is InChI=1S/C4H8.2C3F6O/c1-3-4-2;2*4-2(5,6)1(10)3(7,8)9/h3-4H,1-2H3;;/b4-3-;;. The van der Waals surface area contributed by atoms with Gasteiger partial charge in [-0.25, -0.2) is 0 Å². The zero-order valence-corrected chi connectivity index (χ0v) is 11.5. The van der Waals surface area contributed by atoms with E-state index in [9.17, 15) is 62.3 Å². The molecule has 144 valence electrons. The molecule has 2 nitrogen and oxygen atoms in total. The number of alkyl halides is 12. The Morgan fingerprint density at radius 1 is 0.500 bits per heavy atom. The molecule has 14 heteroatoms. The van der Waals surface area contributed by atoms with Crippen LogP contribution in [0.1, 0.15) is 13.8 Å². The Bertz CT molecular complexity index is 349. The van der Waals surface area contributed by atoms with Crippen molar-refractivity contribution in [2.24, 2.45) is 0 Å². The lowest BCUT2D eigenvalue weighted by Crippen LogP contribution is -2.36. The fraction of sp³-hybridized carbons (Fsp3) is 0.600. The lowest BCUT2D eigenvalue weighted by Gasteiger charge is -2.06. The number of allylic oxidation sites excluding steroid dienone is 2. The molecule has 0 unspecified atom stereocenters. The third-order valence-corrected chi connectivity index (χ3v) is 1.36. The molecule has 0 spiro atoms. The minimum Gasteiger partial charge on any atom is -0.279 e. The molecule has 0 atom stereocenters. The predicted molar refractivity (Wildman–Crippen MR) is 54.7 cm³/mol. The molecule has 0 rings (SSSR count). The predicted octanol–water partition coefficient (Wildman–Crippen LogP) is 4.94. The van der Waals surface area contributed by atoms with Crippen molar-refractivity contribution < 1.29 is 62.3 Å². The summed E-state index contributed by atoms with van der Waals surface area (Å²) in [4.78, 5) is 18.5. The van der Waals surface area contributed by atoms with Gasteiger partial charge < -0.3 is 0 Å². The molecule has 0 saturated heterocycles. The van der Waals surface area contributed by atoms with Crippen LogP contribution in [0.25, 0.3) is 0 Å². The molecule has 0 aliphatic rings. The first-order valence-electron chi connectivity index (χ1n) is 5.16. The Morgan fingerprint density at radius 3 is 0.625 bits per heavy atom. The van der Waals surface area contributed by atoms with E-state index in [1.807, 2.05) is 26.0 Å². The monoisotopic (exact) mass is 388 g/mol. The number of ketones is 2. The van der Waals surface area contributed by atoms with E-state index in [1.54, 1.807) is 0 Å². The lowest BCUT2D eigenvalue weighted by atomic mass is 10.4. The highest BCUT2D eigenvalue weighted by atomic mass is 19.4. The van der Waals surface area contributed by atoms with Crippen LogP contribution in [0.5, 0.6) is 0 Å². The zero-order chi connectivity index (χ0) is 20.6. The first-order chi connectivity index (χ1) is 10.2. The summed E-state index contributed by atoms with van der Waals surface area (Å²) in [5.41, 5.74) is 0. The fourth-order valence-corrected chi connectivity index (χ4v) is 0.321. The molecule has 0 fully saturated rings. The van der Waals surface area contributed by atoms with Crippen LogP contribution in [0.4, 0.5) is 52.7 Å². The smallest absolute Gasteiger partial charge is 0.279 e. The van der Waals surface area contributed by atoms with E-state index in [2.05, 4.69) is 0 Å². The topological polar surface area (TPSA) is 34.1 Å². The molecule has 0 aromatic carbocycles. The van der Waals surface area contributed by atoms with Gasteiger partial charge in [0.25, 0.3) is 0 Å². The summed E-state index contributed by atoms with van der Waals surface area (Å²) < 4.78 is 131. The summed E-state index contributed by atoms with van der Waals surface area (Å²) in [5.74, 6) is -7.36. The van der Waals surface area contributed by atoms with Crippen molar-refractivity contribution in [3.63, 3.8) is 0 Å². The summed E-state index contributed by atoms with van der Waals surface area (Å²) in [7, 11) is 0. The van der Waals surface area contributed by atoms with E-state index < -0.39 is 36.3 Å².